The summed E-state index contributed by atoms with van der Waals surface area (Å²) in [5, 5.41) is 11.1. The second kappa shape index (κ2) is 9.12. The molecule has 15 heteroatoms. The van der Waals surface area contributed by atoms with Crippen molar-refractivity contribution in [3.8, 4) is 17.2 Å². The highest BCUT2D eigenvalue weighted by Crippen LogP contribution is 2.27. The highest BCUT2D eigenvalue weighted by Gasteiger charge is 2.43. The van der Waals surface area contributed by atoms with Crippen LogP contribution in [0.3, 0.4) is 0 Å². The lowest BCUT2D eigenvalue weighted by Crippen LogP contribution is -2.46. The van der Waals surface area contributed by atoms with Crippen molar-refractivity contribution in [2.75, 3.05) is 13.1 Å². The molecule has 1 aliphatic heterocycles. The summed E-state index contributed by atoms with van der Waals surface area (Å²) in [6.07, 6.45) is -5.16. The number of halogens is 5. The van der Waals surface area contributed by atoms with Crippen LogP contribution >= 0.6 is 15.9 Å². The summed E-state index contributed by atoms with van der Waals surface area (Å²) in [5.74, 6) is -4.49. The minimum atomic E-state index is -4.97. The Kier molecular flexibility index (Phi) is 6.38. The zero-order chi connectivity index (χ0) is 24.6. The van der Waals surface area contributed by atoms with Gasteiger partial charge in [-0.1, -0.05) is 10.3 Å². The Morgan fingerprint density at radius 3 is 2.50 bits per heavy atom. The molecule has 0 atom stereocenters. The summed E-state index contributed by atoms with van der Waals surface area (Å²) in [4.78, 5) is 37.0. The van der Waals surface area contributed by atoms with Crippen molar-refractivity contribution in [1.29, 1.82) is 0 Å². The van der Waals surface area contributed by atoms with Crippen molar-refractivity contribution < 1.29 is 36.3 Å². The standard InChI is InChI=1S/C19H14BrF4N5O5/c20-11-7-10(1-2-12(11)21)29-16(27-33-18(29)32)15-13(25-34-26-15)8-14(30)9-3-5-28(6-4-9)17(31)19(22,23)24/h1-2,7,9H,3-6,8H2. The highest BCUT2D eigenvalue weighted by molar-refractivity contribution is 9.10. The molecule has 0 aliphatic carbocycles. The van der Waals surface area contributed by atoms with Crippen molar-refractivity contribution >= 4 is 27.6 Å². The van der Waals surface area contributed by atoms with Crippen LogP contribution in [0.5, 0.6) is 0 Å². The first kappa shape index (κ1) is 23.8. The zero-order valence-corrected chi connectivity index (χ0v) is 18.6. The van der Waals surface area contributed by atoms with Gasteiger partial charge in [0.15, 0.2) is 5.69 Å². The van der Waals surface area contributed by atoms with Gasteiger partial charge in [0.2, 0.25) is 5.82 Å². The van der Waals surface area contributed by atoms with Gasteiger partial charge in [0.1, 0.15) is 17.3 Å². The minimum Gasteiger partial charge on any atom is -0.335 e. The van der Waals surface area contributed by atoms with Gasteiger partial charge in [-0.15, -0.1) is 0 Å². The fraction of sp³-hybridized carbons (Fsp3) is 0.368. The Bertz CT molecular complexity index is 1290. The van der Waals surface area contributed by atoms with Gasteiger partial charge in [-0.2, -0.15) is 13.2 Å². The number of Topliss-reactive ketones (excluding diaryl/α,β-unsaturated/α-hetero) is 1. The zero-order valence-electron chi connectivity index (χ0n) is 17.0. The summed E-state index contributed by atoms with van der Waals surface area (Å²) in [6, 6.07) is 3.73. The van der Waals surface area contributed by atoms with Crippen LogP contribution in [-0.2, 0) is 16.0 Å². The van der Waals surface area contributed by atoms with E-state index in [2.05, 4.69) is 31.4 Å². The Hall–Kier alpha value is -3.36. The maximum Gasteiger partial charge on any atom is 0.471 e. The molecule has 0 bridgehead atoms. The monoisotopic (exact) mass is 547 g/mol. The lowest BCUT2D eigenvalue weighted by Gasteiger charge is -2.31. The number of piperidine rings is 1. The molecular weight excluding hydrogens is 534 g/mol. The Labute approximate surface area is 195 Å². The van der Waals surface area contributed by atoms with E-state index in [4.69, 9.17) is 9.15 Å². The van der Waals surface area contributed by atoms with E-state index in [0.29, 0.717) is 4.90 Å². The van der Waals surface area contributed by atoms with Gasteiger partial charge in [-0.05, 0) is 52.1 Å². The molecule has 1 amide bonds. The van der Waals surface area contributed by atoms with E-state index in [1.165, 1.54) is 12.1 Å². The molecule has 0 saturated carbocycles. The van der Waals surface area contributed by atoms with E-state index in [1.807, 2.05) is 0 Å². The van der Waals surface area contributed by atoms with Crippen molar-refractivity contribution in [3.05, 3.63) is 44.7 Å². The van der Waals surface area contributed by atoms with Crippen LogP contribution in [0.15, 0.2) is 36.6 Å². The molecule has 10 nitrogen and oxygen atoms in total. The summed E-state index contributed by atoms with van der Waals surface area (Å²) in [5.41, 5.74) is 0.155. The molecule has 1 fully saturated rings. The topological polar surface area (TPSA) is 124 Å². The first-order valence-corrected chi connectivity index (χ1v) is 10.6. The number of ketones is 1. The normalized spacial score (nSPS) is 15.0. The molecule has 2 aromatic heterocycles. The smallest absolute Gasteiger partial charge is 0.335 e. The van der Waals surface area contributed by atoms with Crippen LogP contribution in [0.4, 0.5) is 17.6 Å². The minimum absolute atomic E-state index is 0.0297. The molecule has 0 radical (unpaired) electrons. The van der Waals surface area contributed by atoms with Crippen LogP contribution in [-0.4, -0.2) is 55.9 Å². The molecular formula is C19H14BrF4N5O5. The number of benzene rings is 1. The van der Waals surface area contributed by atoms with Crippen LogP contribution in [0.2, 0.25) is 0 Å². The van der Waals surface area contributed by atoms with Gasteiger partial charge in [0.25, 0.3) is 0 Å². The second-order valence-electron chi connectivity index (χ2n) is 7.47. The van der Waals surface area contributed by atoms with Gasteiger partial charge in [0.05, 0.1) is 16.6 Å². The van der Waals surface area contributed by atoms with Gasteiger partial charge in [-0.3, -0.25) is 14.1 Å². The summed E-state index contributed by atoms with van der Waals surface area (Å²) in [7, 11) is 0. The number of likely N-dealkylation sites (tertiary alicyclic amines) is 1. The number of rotatable bonds is 5. The van der Waals surface area contributed by atoms with Crippen molar-refractivity contribution in [1.82, 2.24) is 24.9 Å². The second-order valence-corrected chi connectivity index (χ2v) is 8.33. The largest absolute Gasteiger partial charge is 0.471 e. The molecule has 3 aromatic rings. The maximum atomic E-state index is 13.6. The summed E-state index contributed by atoms with van der Waals surface area (Å²) in [6.45, 7) is -0.415. The molecule has 3 heterocycles. The van der Waals surface area contributed by atoms with E-state index in [0.717, 1.165) is 10.6 Å². The highest BCUT2D eigenvalue weighted by atomic mass is 79.9. The third kappa shape index (κ3) is 4.64. The number of hydrogen-bond donors (Lipinski definition) is 0. The number of aromatic nitrogens is 4. The molecule has 4 rings (SSSR count). The first-order valence-electron chi connectivity index (χ1n) is 9.81. The number of amides is 1. The van der Waals surface area contributed by atoms with Crippen LogP contribution in [0, 0.1) is 11.7 Å². The van der Waals surface area contributed by atoms with Crippen molar-refractivity contribution in [3.63, 3.8) is 0 Å². The average Bonchev–Trinajstić information content (AvgIpc) is 3.40. The quantitative estimate of drug-likeness (QED) is 0.446. The number of carbonyl (C=O) groups excluding carboxylic acids is 2. The third-order valence-electron chi connectivity index (χ3n) is 5.36. The fourth-order valence-electron chi connectivity index (χ4n) is 3.64. The number of hydrogen-bond acceptors (Lipinski definition) is 8. The third-order valence-corrected chi connectivity index (χ3v) is 5.96. The molecule has 0 N–H and O–H groups in total. The molecule has 34 heavy (non-hydrogen) atoms. The average molecular weight is 548 g/mol. The lowest BCUT2D eigenvalue weighted by molar-refractivity contribution is -0.186. The molecule has 0 unspecified atom stereocenters. The Morgan fingerprint density at radius 1 is 1.15 bits per heavy atom. The molecule has 1 aliphatic rings. The number of nitrogens with zero attached hydrogens (tertiary/aromatic N) is 5. The Morgan fingerprint density at radius 2 is 1.85 bits per heavy atom. The van der Waals surface area contributed by atoms with E-state index < -0.39 is 29.6 Å². The molecule has 180 valence electrons. The maximum absolute atomic E-state index is 13.6. The van der Waals surface area contributed by atoms with E-state index in [-0.39, 0.29) is 65.5 Å². The predicted octanol–water partition coefficient (Wildman–Crippen LogP) is 2.69. The van der Waals surface area contributed by atoms with E-state index in [9.17, 15) is 31.9 Å². The Balaban J connectivity index is 1.52. The first-order chi connectivity index (χ1) is 16.1. The number of alkyl halides is 3. The van der Waals surface area contributed by atoms with Crippen LogP contribution < -0.4 is 5.76 Å². The van der Waals surface area contributed by atoms with E-state index >= 15 is 0 Å². The molecule has 0 spiro atoms. The SMILES string of the molecule is O=C(Cc1nonc1-c1noc(=O)n1-c1ccc(F)c(Br)c1)C1CCN(C(=O)C(F)(F)F)CC1. The van der Waals surface area contributed by atoms with Gasteiger partial charge in [0, 0.05) is 19.0 Å². The molecule has 1 aromatic carbocycles. The van der Waals surface area contributed by atoms with Gasteiger partial charge in [-0.25, -0.2) is 18.4 Å². The summed E-state index contributed by atoms with van der Waals surface area (Å²) < 4.78 is 61.9. The van der Waals surface area contributed by atoms with Gasteiger partial charge >= 0.3 is 17.8 Å². The lowest BCUT2D eigenvalue weighted by atomic mass is 9.90. The van der Waals surface area contributed by atoms with Crippen LogP contribution in [0.25, 0.3) is 17.2 Å². The van der Waals surface area contributed by atoms with Gasteiger partial charge < -0.3 is 4.90 Å². The van der Waals surface area contributed by atoms with Crippen LogP contribution in [0.1, 0.15) is 18.5 Å². The fourth-order valence-corrected chi connectivity index (χ4v) is 4.00. The van der Waals surface area contributed by atoms with Crippen molar-refractivity contribution in [2.24, 2.45) is 5.92 Å². The summed E-state index contributed by atoms with van der Waals surface area (Å²) >= 11 is 3.03. The van der Waals surface area contributed by atoms with Crippen molar-refractivity contribution in [2.45, 2.75) is 25.4 Å². The van der Waals surface area contributed by atoms with E-state index in [1.54, 1.807) is 0 Å². The molecule has 1 saturated heterocycles. The predicted molar refractivity (Wildman–Crippen MR) is 107 cm³/mol. The number of carbonyl (C=O) groups is 2.